The average Bonchev–Trinajstić information content (AvgIpc) is 3.28. The van der Waals surface area contributed by atoms with Crippen molar-refractivity contribution < 1.29 is 14.3 Å². The maximum atomic E-state index is 11.9. The van der Waals surface area contributed by atoms with Crippen molar-refractivity contribution in [3.05, 3.63) is 72.4 Å². The Balaban J connectivity index is 1.82. The number of aryl methyl sites for hydroxylation is 1. The largest absolute Gasteiger partial charge is 0.382 e. The number of rotatable bonds is 10. The van der Waals surface area contributed by atoms with E-state index in [2.05, 4.69) is 15.0 Å². The van der Waals surface area contributed by atoms with Crippen molar-refractivity contribution in [2.45, 2.75) is 13.5 Å². The molecule has 0 aliphatic carbocycles. The zero-order chi connectivity index (χ0) is 23.9. The third-order valence-electron chi connectivity index (χ3n) is 5.28. The second kappa shape index (κ2) is 10.8. The zero-order valence-corrected chi connectivity index (χ0v) is 19.1. The van der Waals surface area contributed by atoms with Crippen LogP contribution in [-0.2, 0) is 16.0 Å². The summed E-state index contributed by atoms with van der Waals surface area (Å²) >= 11 is 0. The molecule has 0 bridgehead atoms. The molecule has 0 atom stereocenters. The molecule has 0 saturated heterocycles. The van der Waals surface area contributed by atoms with Crippen molar-refractivity contribution in [1.29, 1.82) is 0 Å². The first-order valence-corrected chi connectivity index (χ1v) is 10.9. The van der Waals surface area contributed by atoms with Crippen LogP contribution >= 0.6 is 0 Å². The van der Waals surface area contributed by atoms with Crippen molar-refractivity contribution in [2.75, 3.05) is 26.9 Å². The van der Waals surface area contributed by atoms with Crippen molar-refractivity contribution in [3.8, 4) is 33.8 Å². The van der Waals surface area contributed by atoms with Crippen LogP contribution in [0.15, 0.2) is 61.2 Å². The van der Waals surface area contributed by atoms with Gasteiger partial charge >= 0.3 is 0 Å². The second-order valence-corrected chi connectivity index (χ2v) is 7.62. The summed E-state index contributed by atoms with van der Waals surface area (Å²) in [6, 6.07) is 11.0. The number of ether oxygens (including phenoxy) is 2. The van der Waals surface area contributed by atoms with E-state index in [9.17, 15) is 4.79 Å². The van der Waals surface area contributed by atoms with Gasteiger partial charge in [-0.2, -0.15) is 5.10 Å². The Hall–Kier alpha value is -3.95. The Morgan fingerprint density at radius 2 is 1.88 bits per heavy atom. The molecule has 0 saturated carbocycles. The molecule has 9 heteroatoms. The molecule has 0 radical (unpaired) electrons. The molecule has 0 unspecified atom stereocenters. The lowest BCUT2D eigenvalue weighted by Crippen LogP contribution is -2.13. The first kappa shape index (κ1) is 23.2. The summed E-state index contributed by atoms with van der Waals surface area (Å²) in [6.07, 6.45) is 7.14. The number of amides is 1. The van der Waals surface area contributed by atoms with E-state index in [-0.39, 0.29) is 5.69 Å². The highest BCUT2D eigenvalue weighted by Gasteiger charge is 2.20. The Morgan fingerprint density at radius 1 is 1.00 bits per heavy atom. The average molecular weight is 459 g/mol. The molecule has 4 aromatic rings. The van der Waals surface area contributed by atoms with Gasteiger partial charge in [-0.25, -0.2) is 4.98 Å². The maximum absolute atomic E-state index is 11.9. The minimum atomic E-state index is -0.589. The molecular weight excluding hydrogens is 432 g/mol. The van der Waals surface area contributed by atoms with Crippen molar-refractivity contribution in [3.63, 3.8) is 0 Å². The molecule has 9 nitrogen and oxygen atoms in total. The molecule has 0 fully saturated rings. The topological polar surface area (TPSA) is 118 Å². The van der Waals surface area contributed by atoms with Crippen LogP contribution in [0.3, 0.4) is 0 Å². The van der Waals surface area contributed by atoms with Gasteiger partial charge in [-0.15, -0.1) is 0 Å². The summed E-state index contributed by atoms with van der Waals surface area (Å²) in [5, 5.41) is 4.80. The van der Waals surface area contributed by atoms with Crippen LogP contribution < -0.4 is 5.73 Å². The Labute approximate surface area is 197 Å². The van der Waals surface area contributed by atoms with Gasteiger partial charge in [0.2, 0.25) is 0 Å². The smallest absolute Gasteiger partial charge is 0.267 e. The molecule has 34 heavy (non-hydrogen) atoms. The number of pyridine rings is 3. The summed E-state index contributed by atoms with van der Waals surface area (Å²) in [6.45, 7) is 4.05. The summed E-state index contributed by atoms with van der Waals surface area (Å²) < 4.78 is 12.5. The minimum absolute atomic E-state index is 0.188. The SMILES string of the molecule is COCCOCCn1cc(-c2ccc(C(N)=O)nc2-c2ccncc2C)c(-c2ccccn2)n1. The Bertz CT molecular complexity index is 1270. The Morgan fingerprint density at radius 3 is 2.62 bits per heavy atom. The lowest BCUT2D eigenvalue weighted by molar-refractivity contribution is 0.0654. The number of carbonyl (C=O) groups excluding carboxylic acids is 1. The molecule has 0 aliphatic rings. The van der Waals surface area contributed by atoms with Crippen LogP contribution in [-0.4, -0.2) is 57.6 Å². The van der Waals surface area contributed by atoms with E-state index in [1.165, 1.54) is 0 Å². The molecular formula is C25H26N6O3. The normalized spacial score (nSPS) is 11.0. The predicted molar refractivity (Wildman–Crippen MR) is 128 cm³/mol. The van der Waals surface area contributed by atoms with Gasteiger partial charge in [0.1, 0.15) is 11.4 Å². The van der Waals surface area contributed by atoms with Crippen molar-refractivity contribution in [2.24, 2.45) is 5.73 Å². The highest BCUT2D eigenvalue weighted by atomic mass is 16.5. The lowest BCUT2D eigenvalue weighted by Gasteiger charge is -2.12. The monoisotopic (exact) mass is 458 g/mol. The van der Waals surface area contributed by atoms with E-state index in [0.717, 1.165) is 27.9 Å². The first-order valence-electron chi connectivity index (χ1n) is 10.9. The standard InChI is InChI=1S/C25H26N6O3/c1-17-15-27-10-8-18(17)23-19(6-7-22(29-23)25(26)32)20-16-31(11-12-34-14-13-33-2)30-24(20)21-5-3-4-9-28-21/h3-10,15-16H,11-14H2,1-2H3,(H2,26,32). The molecule has 4 heterocycles. The quantitative estimate of drug-likeness (QED) is 0.363. The lowest BCUT2D eigenvalue weighted by atomic mass is 9.96. The van der Waals surface area contributed by atoms with Gasteiger partial charge in [0.15, 0.2) is 0 Å². The summed E-state index contributed by atoms with van der Waals surface area (Å²) in [5.74, 6) is -0.589. The molecule has 4 aromatic heterocycles. The molecule has 0 aromatic carbocycles. The number of methoxy groups -OCH3 is 1. The molecule has 174 valence electrons. The van der Waals surface area contributed by atoms with Crippen molar-refractivity contribution in [1.82, 2.24) is 24.7 Å². The summed E-state index contributed by atoms with van der Waals surface area (Å²) in [4.78, 5) is 25.2. The van der Waals surface area contributed by atoms with E-state index in [1.807, 2.05) is 48.1 Å². The second-order valence-electron chi connectivity index (χ2n) is 7.62. The summed E-state index contributed by atoms with van der Waals surface area (Å²) in [5.41, 5.74) is 11.2. The van der Waals surface area contributed by atoms with Gasteiger partial charge in [-0.1, -0.05) is 6.07 Å². The molecule has 1 amide bonds. The number of hydrogen-bond acceptors (Lipinski definition) is 7. The fraction of sp³-hybridized carbons (Fsp3) is 0.240. The van der Waals surface area contributed by atoms with Gasteiger partial charge in [0, 0.05) is 48.6 Å². The van der Waals surface area contributed by atoms with Gasteiger partial charge in [-0.3, -0.25) is 19.4 Å². The van der Waals surface area contributed by atoms with Gasteiger partial charge in [0.05, 0.1) is 37.8 Å². The highest BCUT2D eigenvalue weighted by molar-refractivity contribution is 5.94. The van der Waals surface area contributed by atoms with Crippen molar-refractivity contribution >= 4 is 5.91 Å². The van der Waals surface area contributed by atoms with Crippen LogP contribution in [0.1, 0.15) is 16.1 Å². The number of hydrogen-bond donors (Lipinski definition) is 1. The third kappa shape index (κ3) is 5.16. The number of primary amides is 1. The van der Waals surface area contributed by atoms with E-state index in [4.69, 9.17) is 20.3 Å². The minimum Gasteiger partial charge on any atom is -0.382 e. The van der Waals surface area contributed by atoms with Crippen LogP contribution in [0, 0.1) is 6.92 Å². The van der Waals surface area contributed by atoms with Crippen LogP contribution in [0.5, 0.6) is 0 Å². The molecule has 2 N–H and O–H groups in total. The fourth-order valence-corrected chi connectivity index (χ4v) is 3.59. The van der Waals surface area contributed by atoms with E-state index < -0.39 is 5.91 Å². The van der Waals surface area contributed by atoms with Crippen LogP contribution in [0.4, 0.5) is 0 Å². The predicted octanol–water partition coefficient (Wildman–Crippen LogP) is 3.14. The van der Waals surface area contributed by atoms with Crippen LogP contribution in [0.25, 0.3) is 33.8 Å². The highest BCUT2D eigenvalue weighted by Crippen LogP contribution is 2.37. The maximum Gasteiger partial charge on any atom is 0.267 e. The number of nitrogens with two attached hydrogens (primary N) is 1. The van der Waals surface area contributed by atoms with E-state index in [1.54, 1.807) is 31.8 Å². The third-order valence-corrected chi connectivity index (χ3v) is 5.28. The molecule has 4 rings (SSSR count). The number of carbonyl (C=O) groups is 1. The summed E-state index contributed by atoms with van der Waals surface area (Å²) in [7, 11) is 1.64. The first-order chi connectivity index (χ1) is 16.6. The molecule has 0 spiro atoms. The van der Waals surface area contributed by atoms with E-state index >= 15 is 0 Å². The Kier molecular flexibility index (Phi) is 7.36. The van der Waals surface area contributed by atoms with Gasteiger partial charge in [-0.05, 0) is 42.8 Å². The van der Waals surface area contributed by atoms with Gasteiger partial charge < -0.3 is 15.2 Å². The molecule has 0 aliphatic heterocycles. The number of aromatic nitrogens is 5. The zero-order valence-electron chi connectivity index (χ0n) is 19.1. The van der Waals surface area contributed by atoms with E-state index in [0.29, 0.717) is 37.8 Å². The van der Waals surface area contributed by atoms with Gasteiger partial charge in [0.25, 0.3) is 5.91 Å². The number of nitrogens with zero attached hydrogens (tertiary/aromatic N) is 5. The fourth-order valence-electron chi connectivity index (χ4n) is 3.59. The van der Waals surface area contributed by atoms with Crippen LogP contribution in [0.2, 0.25) is 0 Å².